The Balaban J connectivity index is 2.73. The van der Waals surface area contributed by atoms with Gasteiger partial charge >= 0.3 is 0 Å². The lowest BCUT2D eigenvalue weighted by molar-refractivity contribution is 0.519. The number of rotatable bonds is 3. The smallest absolute Gasteiger partial charge is 0.269 e. The van der Waals surface area contributed by atoms with Crippen LogP contribution in [0.1, 0.15) is 31.9 Å². The summed E-state index contributed by atoms with van der Waals surface area (Å²) in [5.41, 5.74) is 1.83. The Morgan fingerprint density at radius 1 is 1.21 bits per heavy atom. The second-order valence-corrected chi connectivity index (χ2v) is 4.54. The fourth-order valence-electron chi connectivity index (χ4n) is 2.10. The Labute approximate surface area is 112 Å². The van der Waals surface area contributed by atoms with Crippen LogP contribution in [0.2, 0.25) is 0 Å². The van der Waals surface area contributed by atoms with E-state index in [1.807, 2.05) is 56.3 Å². The van der Waals surface area contributed by atoms with Crippen LogP contribution in [0.4, 0.5) is 0 Å². The minimum atomic E-state index is -0.210. The Morgan fingerprint density at radius 2 is 1.89 bits per heavy atom. The number of nitrogens with zero attached hydrogens (tertiary/aromatic N) is 2. The van der Waals surface area contributed by atoms with Crippen molar-refractivity contribution in [3.05, 3.63) is 58.4 Å². The second kappa shape index (κ2) is 5.53. The van der Waals surface area contributed by atoms with Crippen LogP contribution in [0.5, 0.6) is 0 Å². The lowest BCUT2D eigenvalue weighted by Crippen LogP contribution is -2.26. The predicted octanol–water partition coefficient (Wildman–Crippen LogP) is 3.36. The van der Waals surface area contributed by atoms with Gasteiger partial charge in [-0.25, -0.2) is 0 Å². The maximum atomic E-state index is 12.3. The quantitative estimate of drug-likeness (QED) is 0.840. The average molecular weight is 252 g/mol. The van der Waals surface area contributed by atoms with Crippen LogP contribution in [0.25, 0.3) is 11.3 Å². The lowest BCUT2D eigenvalue weighted by Gasteiger charge is -2.18. The summed E-state index contributed by atoms with van der Waals surface area (Å²) < 4.78 is 1.72. The topological polar surface area (TPSA) is 45.8 Å². The van der Waals surface area contributed by atoms with Gasteiger partial charge in [0.25, 0.3) is 5.56 Å². The molecule has 0 saturated heterocycles. The van der Waals surface area contributed by atoms with Crippen molar-refractivity contribution in [1.82, 2.24) is 4.57 Å². The Bertz CT molecular complexity index is 665. The van der Waals surface area contributed by atoms with Crippen LogP contribution in [0, 0.1) is 11.3 Å². The molecule has 96 valence electrons. The number of hydrogen-bond acceptors (Lipinski definition) is 2. The Morgan fingerprint density at radius 3 is 2.47 bits per heavy atom. The summed E-state index contributed by atoms with van der Waals surface area (Å²) in [6.45, 7) is 4.03. The van der Waals surface area contributed by atoms with Gasteiger partial charge in [-0.2, -0.15) is 5.26 Å². The van der Waals surface area contributed by atoms with E-state index in [0.29, 0.717) is 0 Å². The van der Waals surface area contributed by atoms with Crippen molar-refractivity contribution in [3.8, 4) is 17.3 Å². The van der Waals surface area contributed by atoms with Crippen molar-refractivity contribution in [1.29, 1.82) is 5.26 Å². The molecule has 1 atom stereocenters. The molecule has 1 heterocycles. The molecular formula is C16H16N2O. The number of pyridine rings is 1. The molecule has 1 aromatic heterocycles. The van der Waals surface area contributed by atoms with Gasteiger partial charge in [0.15, 0.2) is 0 Å². The molecule has 3 heteroatoms. The van der Waals surface area contributed by atoms with Gasteiger partial charge in [-0.1, -0.05) is 37.3 Å². The first-order valence-electron chi connectivity index (χ1n) is 6.40. The van der Waals surface area contributed by atoms with Crippen molar-refractivity contribution >= 4 is 0 Å². The molecule has 3 nitrogen and oxygen atoms in total. The maximum Gasteiger partial charge on any atom is 0.269 e. The first-order chi connectivity index (χ1) is 9.19. The molecule has 2 aromatic rings. The summed E-state index contributed by atoms with van der Waals surface area (Å²) in [6.07, 6.45) is 0.842. The molecule has 0 aliphatic heterocycles. The van der Waals surface area contributed by atoms with Gasteiger partial charge in [-0.3, -0.25) is 4.79 Å². The normalized spacial score (nSPS) is 11.8. The van der Waals surface area contributed by atoms with Crippen molar-refractivity contribution < 1.29 is 0 Å². The number of hydrogen-bond donors (Lipinski definition) is 0. The zero-order chi connectivity index (χ0) is 13.8. The molecule has 0 amide bonds. The van der Waals surface area contributed by atoms with E-state index in [1.54, 1.807) is 10.6 Å². The minimum Gasteiger partial charge on any atom is -0.304 e. The highest BCUT2D eigenvalue weighted by Crippen LogP contribution is 2.22. The summed E-state index contributed by atoms with van der Waals surface area (Å²) in [4.78, 5) is 12.3. The van der Waals surface area contributed by atoms with Gasteiger partial charge in [0, 0.05) is 6.04 Å². The van der Waals surface area contributed by atoms with E-state index in [-0.39, 0.29) is 17.2 Å². The van der Waals surface area contributed by atoms with Crippen molar-refractivity contribution in [2.24, 2.45) is 0 Å². The fraction of sp³-hybridized carbons (Fsp3) is 0.250. The third-order valence-corrected chi connectivity index (χ3v) is 3.34. The van der Waals surface area contributed by atoms with Crippen LogP contribution < -0.4 is 5.56 Å². The molecule has 0 saturated carbocycles. The van der Waals surface area contributed by atoms with Crippen LogP contribution in [-0.4, -0.2) is 4.57 Å². The molecular weight excluding hydrogens is 236 g/mol. The number of nitriles is 1. The van der Waals surface area contributed by atoms with E-state index >= 15 is 0 Å². The highest BCUT2D eigenvalue weighted by molar-refractivity contribution is 5.60. The van der Waals surface area contributed by atoms with Crippen LogP contribution >= 0.6 is 0 Å². The van der Waals surface area contributed by atoms with Crippen LogP contribution in [-0.2, 0) is 0 Å². The molecule has 0 N–H and O–H groups in total. The zero-order valence-electron chi connectivity index (χ0n) is 11.1. The second-order valence-electron chi connectivity index (χ2n) is 4.54. The monoisotopic (exact) mass is 252 g/mol. The van der Waals surface area contributed by atoms with E-state index in [9.17, 15) is 4.79 Å². The summed E-state index contributed by atoms with van der Waals surface area (Å²) >= 11 is 0. The summed E-state index contributed by atoms with van der Waals surface area (Å²) in [6, 6.07) is 15.2. The van der Waals surface area contributed by atoms with E-state index in [0.717, 1.165) is 17.7 Å². The zero-order valence-corrected chi connectivity index (χ0v) is 11.1. The van der Waals surface area contributed by atoms with Gasteiger partial charge in [0.2, 0.25) is 0 Å². The highest BCUT2D eigenvalue weighted by atomic mass is 16.1. The van der Waals surface area contributed by atoms with E-state index in [2.05, 4.69) is 0 Å². The molecule has 19 heavy (non-hydrogen) atoms. The van der Waals surface area contributed by atoms with E-state index < -0.39 is 0 Å². The Hall–Kier alpha value is -2.34. The molecule has 1 aromatic carbocycles. The molecule has 0 aliphatic rings. The van der Waals surface area contributed by atoms with Crippen molar-refractivity contribution in [2.45, 2.75) is 26.3 Å². The third kappa shape index (κ3) is 2.43. The van der Waals surface area contributed by atoms with E-state index in [1.165, 1.54) is 0 Å². The predicted molar refractivity (Wildman–Crippen MR) is 75.9 cm³/mol. The SMILES string of the molecule is CCC(C)n1c(-c2ccccc2)ccc(C#N)c1=O. The van der Waals surface area contributed by atoms with Crippen LogP contribution in [0.3, 0.4) is 0 Å². The summed E-state index contributed by atoms with van der Waals surface area (Å²) in [5.74, 6) is 0. The first-order valence-corrected chi connectivity index (χ1v) is 6.40. The van der Waals surface area contributed by atoms with Crippen molar-refractivity contribution in [3.63, 3.8) is 0 Å². The van der Waals surface area contributed by atoms with Crippen LogP contribution in [0.15, 0.2) is 47.3 Å². The highest BCUT2D eigenvalue weighted by Gasteiger charge is 2.14. The molecule has 1 unspecified atom stereocenters. The molecule has 2 rings (SSSR count). The molecule has 0 fully saturated rings. The van der Waals surface area contributed by atoms with Gasteiger partial charge in [0.1, 0.15) is 11.6 Å². The Kier molecular flexibility index (Phi) is 3.82. The summed E-state index contributed by atoms with van der Waals surface area (Å²) in [5, 5.41) is 9.00. The minimum absolute atomic E-state index is 0.0657. The van der Waals surface area contributed by atoms with Gasteiger partial charge in [-0.05, 0) is 31.0 Å². The average Bonchev–Trinajstić information content (AvgIpc) is 2.47. The molecule has 0 aliphatic carbocycles. The first kappa shape index (κ1) is 13.1. The fourth-order valence-corrected chi connectivity index (χ4v) is 2.10. The lowest BCUT2D eigenvalue weighted by atomic mass is 10.1. The number of aromatic nitrogens is 1. The molecule has 0 bridgehead atoms. The largest absolute Gasteiger partial charge is 0.304 e. The maximum absolute atomic E-state index is 12.3. The van der Waals surface area contributed by atoms with Gasteiger partial charge in [0.05, 0.1) is 5.69 Å². The van der Waals surface area contributed by atoms with Crippen molar-refractivity contribution in [2.75, 3.05) is 0 Å². The number of benzene rings is 1. The van der Waals surface area contributed by atoms with E-state index in [4.69, 9.17) is 5.26 Å². The summed E-state index contributed by atoms with van der Waals surface area (Å²) in [7, 11) is 0. The standard InChI is InChI=1S/C16H16N2O/c1-3-12(2)18-15(13-7-5-4-6-8-13)10-9-14(11-17)16(18)19/h4-10,12H,3H2,1-2H3. The third-order valence-electron chi connectivity index (χ3n) is 3.34. The van der Waals surface area contributed by atoms with Gasteiger partial charge in [-0.15, -0.1) is 0 Å². The van der Waals surface area contributed by atoms with Gasteiger partial charge < -0.3 is 4.57 Å². The molecule has 0 spiro atoms. The molecule has 0 radical (unpaired) electrons.